The first kappa shape index (κ1) is 28.0. The number of carbonyl (C=O) groups excluding carboxylic acids is 2. The van der Waals surface area contributed by atoms with Crippen molar-refractivity contribution in [3.05, 3.63) is 84.0 Å². The Kier molecular flexibility index (Phi) is 9.78. The summed E-state index contributed by atoms with van der Waals surface area (Å²) < 4.78 is 13.5. The highest BCUT2D eigenvalue weighted by Crippen LogP contribution is 2.40. The smallest absolute Gasteiger partial charge is 0.295 e. The molecule has 206 valence electrons. The third-order valence-electron chi connectivity index (χ3n) is 6.75. The molecule has 0 spiro atoms. The summed E-state index contributed by atoms with van der Waals surface area (Å²) in [4.78, 5) is 32.3. The number of imidazole rings is 1. The van der Waals surface area contributed by atoms with Crippen molar-refractivity contribution < 1.29 is 24.2 Å². The van der Waals surface area contributed by atoms with Crippen LogP contribution in [0.5, 0.6) is 11.5 Å². The van der Waals surface area contributed by atoms with E-state index in [1.54, 1.807) is 35.6 Å². The zero-order valence-corrected chi connectivity index (χ0v) is 22.7. The number of carbonyl (C=O) groups is 2. The van der Waals surface area contributed by atoms with Crippen LogP contribution in [0.4, 0.5) is 0 Å². The predicted octanol–water partition coefficient (Wildman–Crippen LogP) is 5.75. The molecule has 1 aliphatic rings. The van der Waals surface area contributed by atoms with E-state index >= 15 is 0 Å². The molecule has 1 fully saturated rings. The Hall–Kier alpha value is -4.07. The molecule has 8 heteroatoms. The van der Waals surface area contributed by atoms with Crippen LogP contribution in [0.15, 0.2) is 72.8 Å². The molecule has 8 nitrogen and oxygen atoms in total. The Morgan fingerprint density at radius 3 is 2.31 bits per heavy atom. The number of ketones is 1. The molecule has 0 aliphatic carbocycles. The van der Waals surface area contributed by atoms with Gasteiger partial charge in [0.25, 0.3) is 11.7 Å². The number of Topliss-reactive ketones (excluding diaryl/α,β-unsaturated/α-hetero) is 1. The molecule has 4 rings (SSSR count). The number of rotatable bonds is 14. The first-order valence-corrected chi connectivity index (χ1v) is 13.7. The van der Waals surface area contributed by atoms with Crippen molar-refractivity contribution in [2.75, 3.05) is 19.8 Å². The summed E-state index contributed by atoms with van der Waals surface area (Å²) in [6.45, 7) is 6.38. The second-order valence-electron chi connectivity index (χ2n) is 9.65. The maximum absolute atomic E-state index is 13.4. The molecule has 1 amide bonds. The van der Waals surface area contributed by atoms with Crippen molar-refractivity contribution in [2.45, 2.75) is 58.5 Å². The summed E-state index contributed by atoms with van der Waals surface area (Å²) in [5.74, 6) is -0.195. The number of benzene rings is 2. The lowest BCUT2D eigenvalue weighted by Gasteiger charge is -2.25. The Morgan fingerprint density at radius 1 is 0.923 bits per heavy atom. The topological polar surface area (TPSA) is 93.9 Å². The van der Waals surface area contributed by atoms with Crippen LogP contribution in [0.25, 0.3) is 5.76 Å². The first-order chi connectivity index (χ1) is 19.0. The molecule has 2 aromatic carbocycles. The minimum atomic E-state index is -0.720. The molecule has 1 unspecified atom stereocenters. The quantitative estimate of drug-likeness (QED) is 0.123. The molecular weight excluding hydrogens is 494 g/mol. The Labute approximate surface area is 229 Å². The number of hydrogen-bond donors (Lipinski definition) is 1. The van der Waals surface area contributed by atoms with E-state index in [-0.39, 0.29) is 11.3 Å². The fraction of sp³-hybridized carbons (Fsp3) is 0.387. The number of aromatic nitrogens is 2. The first-order valence-electron chi connectivity index (χ1n) is 13.7. The van der Waals surface area contributed by atoms with Crippen LogP contribution in [0.2, 0.25) is 0 Å². The number of unbranched alkanes of at least 4 members (excludes halogenated alkanes) is 2. The van der Waals surface area contributed by atoms with E-state index in [2.05, 4.69) is 18.8 Å². The van der Waals surface area contributed by atoms with Crippen molar-refractivity contribution in [2.24, 2.45) is 0 Å². The average Bonchev–Trinajstić information content (AvgIpc) is 3.56. The van der Waals surface area contributed by atoms with E-state index in [0.29, 0.717) is 44.0 Å². The Balaban J connectivity index is 1.66. The van der Waals surface area contributed by atoms with Crippen molar-refractivity contribution in [1.29, 1.82) is 0 Å². The maximum atomic E-state index is 13.4. The number of aryl methyl sites for hydroxylation is 1. The predicted molar refractivity (Wildman–Crippen MR) is 150 cm³/mol. The number of aliphatic hydroxyl groups excluding tert-OH is 1. The molecule has 39 heavy (non-hydrogen) atoms. The molecule has 1 N–H and O–H groups in total. The third-order valence-corrected chi connectivity index (χ3v) is 6.75. The molecule has 3 aromatic rings. The largest absolute Gasteiger partial charge is 0.507 e. The molecule has 1 aliphatic heterocycles. The second kappa shape index (κ2) is 13.6. The minimum absolute atomic E-state index is 0.0768. The molecule has 0 bridgehead atoms. The van der Waals surface area contributed by atoms with Gasteiger partial charge in [-0.15, -0.1) is 0 Å². The molecule has 1 saturated heterocycles. The minimum Gasteiger partial charge on any atom is -0.507 e. The van der Waals surface area contributed by atoms with Gasteiger partial charge in [0.15, 0.2) is 0 Å². The number of hydrogen-bond acceptors (Lipinski definition) is 6. The lowest BCUT2D eigenvalue weighted by Crippen LogP contribution is -2.31. The van der Waals surface area contributed by atoms with Crippen molar-refractivity contribution in [3.63, 3.8) is 0 Å². The SMILES string of the molecule is CCCCOc1ccc(C2/C(=C(\O)c3cccc(OCCCC)c3)C(=O)C(=O)N2CCCn2ccnc2)cc1. The van der Waals surface area contributed by atoms with E-state index in [0.717, 1.165) is 37.0 Å². The second-order valence-corrected chi connectivity index (χ2v) is 9.65. The lowest BCUT2D eigenvalue weighted by atomic mass is 9.95. The van der Waals surface area contributed by atoms with Gasteiger partial charge in [0, 0.05) is 31.0 Å². The standard InChI is InChI=1S/C31H37N3O5/c1-3-5-19-38-25-13-11-23(12-14-25)28-27(29(35)24-9-7-10-26(21-24)39-20-6-4-2)30(36)31(37)34(28)17-8-16-33-18-15-32-22-33/h7,9-15,18,21-22,28,35H,3-6,8,16-17,19-20H2,1-2H3/b29-27+. The summed E-state index contributed by atoms with van der Waals surface area (Å²) in [6, 6.07) is 13.7. The fourth-order valence-electron chi connectivity index (χ4n) is 4.60. The van der Waals surface area contributed by atoms with Crippen LogP contribution in [0, 0.1) is 0 Å². The molecule has 0 saturated carbocycles. The third kappa shape index (κ3) is 6.88. The van der Waals surface area contributed by atoms with Gasteiger partial charge in [0.05, 0.1) is 31.2 Å². The summed E-state index contributed by atoms with van der Waals surface area (Å²) >= 11 is 0. The number of likely N-dealkylation sites (tertiary alicyclic amines) is 1. The number of amides is 1. The van der Waals surface area contributed by atoms with Crippen LogP contribution in [0.1, 0.15) is 63.1 Å². The van der Waals surface area contributed by atoms with Gasteiger partial charge < -0.3 is 24.0 Å². The van der Waals surface area contributed by atoms with E-state index in [4.69, 9.17) is 9.47 Å². The van der Waals surface area contributed by atoms with Crippen molar-refractivity contribution in [3.8, 4) is 11.5 Å². The van der Waals surface area contributed by atoms with Gasteiger partial charge in [-0.1, -0.05) is 51.0 Å². The van der Waals surface area contributed by atoms with Crippen molar-refractivity contribution in [1.82, 2.24) is 14.5 Å². The van der Waals surface area contributed by atoms with Crippen LogP contribution < -0.4 is 9.47 Å². The Bertz CT molecular complexity index is 1270. The number of ether oxygens (including phenoxy) is 2. The monoisotopic (exact) mass is 531 g/mol. The number of nitrogens with zero attached hydrogens (tertiary/aromatic N) is 3. The molecule has 0 radical (unpaired) electrons. The van der Waals surface area contributed by atoms with Gasteiger partial charge in [-0.05, 0) is 49.1 Å². The average molecular weight is 532 g/mol. The van der Waals surface area contributed by atoms with Gasteiger partial charge in [-0.25, -0.2) is 4.98 Å². The Morgan fingerprint density at radius 2 is 1.64 bits per heavy atom. The van der Waals surface area contributed by atoms with Crippen LogP contribution in [-0.4, -0.2) is 51.0 Å². The highest BCUT2D eigenvalue weighted by molar-refractivity contribution is 6.46. The van der Waals surface area contributed by atoms with E-state index in [9.17, 15) is 14.7 Å². The van der Waals surface area contributed by atoms with Gasteiger partial charge in [0.1, 0.15) is 17.3 Å². The zero-order chi connectivity index (χ0) is 27.6. The van der Waals surface area contributed by atoms with Crippen LogP contribution in [0.3, 0.4) is 0 Å². The molecule has 1 atom stereocenters. The van der Waals surface area contributed by atoms with Gasteiger partial charge in [-0.3, -0.25) is 9.59 Å². The van der Waals surface area contributed by atoms with Gasteiger partial charge in [-0.2, -0.15) is 0 Å². The zero-order valence-electron chi connectivity index (χ0n) is 22.7. The highest BCUT2D eigenvalue weighted by Gasteiger charge is 2.45. The van der Waals surface area contributed by atoms with Gasteiger partial charge in [0.2, 0.25) is 0 Å². The summed E-state index contributed by atoms with van der Waals surface area (Å²) in [7, 11) is 0. The highest BCUT2D eigenvalue weighted by atomic mass is 16.5. The molecule has 1 aromatic heterocycles. The normalized spacial score (nSPS) is 16.6. The van der Waals surface area contributed by atoms with E-state index in [1.165, 1.54) is 0 Å². The maximum Gasteiger partial charge on any atom is 0.295 e. The van der Waals surface area contributed by atoms with E-state index in [1.807, 2.05) is 41.1 Å². The molecular formula is C31H37N3O5. The van der Waals surface area contributed by atoms with Crippen LogP contribution in [-0.2, 0) is 16.1 Å². The molecule has 2 heterocycles. The van der Waals surface area contributed by atoms with Crippen molar-refractivity contribution >= 4 is 17.4 Å². The van der Waals surface area contributed by atoms with E-state index < -0.39 is 17.7 Å². The fourth-order valence-corrected chi connectivity index (χ4v) is 4.60. The lowest BCUT2D eigenvalue weighted by molar-refractivity contribution is -0.139. The number of aliphatic hydroxyl groups is 1. The van der Waals surface area contributed by atoms with Crippen LogP contribution >= 0.6 is 0 Å². The summed E-state index contributed by atoms with van der Waals surface area (Å²) in [5.41, 5.74) is 1.24. The summed E-state index contributed by atoms with van der Waals surface area (Å²) in [5, 5.41) is 11.4. The summed E-state index contributed by atoms with van der Waals surface area (Å²) in [6.07, 6.45) is 9.83. The van der Waals surface area contributed by atoms with Gasteiger partial charge >= 0.3 is 0 Å².